The number of carbonyl (C=O) groups is 1. The maximum atomic E-state index is 13.5. The highest BCUT2D eigenvalue weighted by Crippen LogP contribution is 2.32. The number of carbonyl (C=O) groups excluding carboxylic acids is 1. The number of aryl methyl sites for hydroxylation is 2. The lowest BCUT2D eigenvalue weighted by Gasteiger charge is -2.34. The second-order valence-electron chi connectivity index (χ2n) is 9.06. The molecule has 0 bridgehead atoms. The van der Waals surface area contributed by atoms with Crippen LogP contribution in [0.5, 0.6) is 0 Å². The quantitative estimate of drug-likeness (QED) is 0.660. The van der Waals surface area contributed by atoms with Gasteiger partial charge < -0.3 is 15.5 Å². The Morgan fingerprint density at radius 1 is 1.25 bits per heavy atom. The third-order valence-electron chi connectivity index (χ3n) is 6.62. The molecule has 2 aliphatic rings. The number of amides is 1. The molecular weight excluding hydrogens is 404 g/mol. The minimum absolute atomic E-state index is 0.0357. The summed E-state index contributed by atoms with van der Waals surface area (Å²) in [6.07, 6.45) is 8.68. The van der Waals surface area contributed by atoms with E-state index in [-0.39, 0.29) is 18.0 Å². The third kappa shape index (κ3) is 3.74. The van der Waals surface area contributed by atoms with Gasteiger partial charge in [0.25, 0.3) is 5.91 Å². The first-order valence-corrected chi connectivity index (χ1v) is 11.8. The molecule has 1 amide bonds. The molecule has 0 radical (unpaired) electrons. The molecule has 5 rings (SSSR count). The summed E-state index contributed by atoms with van der Waals surface area (Å²) in [5.41, 5.74) is 9.57. The van der Waals surface area contributed by atoms with Gasteiger partial charge in [-0.2, -0.15) is 10.2 Å². The van der Waals surface area contributed by atoms with Crippen molar-refractivity contribution < 1.29 is 4.79 Å². The molecule has 2 atom stereocenters. The molecule has 170 valence electrons. The summed E-state index contributed by atoms with van der Waals surface area (Å²) in [6, 6.07) is 4.02. The van der Waals surface area contributed by atoms with Crippen molar-refractivity contribution in [3.63, 3.8) is 0 Å². The van der Waals surface area contributed by atoms with Crippen molar-refractivity contribution in [1.29, 1.82) is 0 Å². The maximum Gasteiger partial charge on any atom is 0.272 e. The van der Waals surface area contributed by atoms with Crippen molar-refractivity contribution in [2.45, 2.75) is 64.6 Å². The first-order valence-electron chi connectivity index (χ1n) is 11.8. The van der Waals surface area contributed by atoms with Gasteiger partial charge >= 0.3 is 0 Å². The Hall–Kier alpha value is -2.94. The number of hydrogen-bond acceptors (Lipinski definition) is 6. The SMILES string of the molecule is CCCn1nccc1C(=O)N1CCCCC1c1cc2nc(N3CCC(N)C3)c(C)cn2n1. The molecule has 9 nitrogen and oxygen atoms in total. The van der Waals surface area contributed by atoms with Crippen LogP contribution in [-0.2, 0) is 6.54 Å². The van der Waals surface area contributed by atoms with Gasteiger partial charge in [-0.1, -0.05) is 6.92 Å². The first-order chi connectivity index (χ1) is 15.5. The zero-order chi connectivity index (χ0) is 22.2. The summed E-state index contributed by atoms with van der Waals surface area (Å²) in [5, 5.41) is 9.19. The molecule has 3 aromatic rings. The molecule has 9 heteroatoms. The van der Waals surface area contributed by atoms with Crippen LogP contribution in [0.25, 0.3) is 5.65 Å². The Bertz CT molecular complexity index is 1120. The number of piperidine rings is 1. The number of anilines is 1. The van der Waals surface area contributed by atoms with Gasteiger partial charge in [-0.3, -0.25) is 9.48 Å². The highest BCUT2D eigenvalue weighted by molar-refractivity contribution is 5.93. The average Bonchev–Trinajstić information content (AvgIpc) is 3.52. The Morgan fingerprint density at radius 2 is 2.12 bits per heavy atom. The number of aromatic nitrogens is 5. The van der Waals surface area contributed by atoms with E-state index in [1.165, 1.54) is 0 Å². The van der Waals surface area contributed by atoms with Crippen molar-refractivity contribution in [1.82, 2.24) is 29.3 Å². The lowest BCUT2D eigenvalue weighted by molar-refractivity contribution is 0.0592. The van der Waals surface area contributed by atoms with Crippen LogP contribution in [0.2, 0.25) is 0 Å². The molecule has 2 fully saturated rings. The molecule has 2 saturated heterocycles. The fraction of sp³-hybridized carbons (Fsp3) is 0.565. The number of fused-ring (bicyclic) bond motifs is 1. The van der Waals surface area contributed by atoms with Crippen LogP contribution >= 0.6 is 0 Å². The fourth-order valence-corrected chi connectivity index (χ4v) is 5.02. The standard InChI is InChI=1S/C23H32N8O/c1-3-10-30-20(7-9-25-30)23(32)29-11-5-4-6-19(29)18-13-21-26-22(16(2)14-31(21)27-18)28-12-8-17(24)15-28/h7,9,13-14,17,19H,3-6,8,10-12,15,24H2,1-2H3. The van der Waals surface area contributed by atoms with E-state index in [9.17, 15) is 4.79 Å². The molecule has 0 saturated carbocycles. The first kappa shape index (κ1) is 20.9. The zero-order valence-electron chi connectivity index (χ0n) is 18.9. The van der Waals surface area contributed by atoms with Gasteiger partial charge in [0.1, 0.15) is 11.5 Å². The minimum atomic E-state index is -0.0492. The Kier molecular flexibility index (Phi) is 5.58. The van der Waals surface area contributed by atoms with Crippen LogP contribution in [-0.4, -0.2) is 60.9 Å². The van der Waals surface area contributed by atoms with E-state index in [0.717, 1.165) is 81.0 Å². The van der Waals surface area contributed by atoms with Gasteiger partial charge in [0.2, 0.25) is 0 Å². The topological polar surface area (TPSA) is 97.6 Å². The molecule has 0 aromatic carbocycles. The van der Waals surface area contributed by atoms with Crippen LogP contribution in [0.15, 0.2) is 24.5 Å². The fourth-order valence-electron chi connectivity index (χ4n) is 5.02. The summed E-state index contributed by atoms with van der Waals surface area (Å²) in [5.74, 6) is 1.02. The Morgan fingerprint density at radius 3 is 2.91 bits per heavy atom. The van der Waals surface area contributed by atoms with Crippen LogP contribution in [0, 0.1) is 6.92 Å². The second-order valence-corrected chi connectivity index (χ2v) is 9.06. The summed E-state index contributed by atoms with van der Waals surface area (Å²) < 4.78 is 3.67. The minimum Gasteiger partial charge on any atom is -0.355 e. The largest absolute Gasteiger partial charge is 0.355 e. The predicted octanol–water partition coefficient (Wildman–Crippen LogP) is 2.55. The van der Waals surface area contributed by atoms with E-state index in [1.54, 1.807) is 6.20 Å². The van der Waals surface area contributed by atoms with E-state index in [0.29, 0.717) is 5.69 Å². The van der Waals surface area contributed by atoms with Gasteiger partial charge in [0.05, 0.1) is 11.7 Å². The lowest BCUT2D eigenvalue weighted by Crippen LogP contribution is -2.39. The average molecular weight is 437 g/mol. The highest BCUT2D eigenvalue weighted by Gasteiger charge is 2.32. The molecule has 2 aliphatic heterocycles. The normalized spacial score (nSPS) is 21.6. The van der Waals surface area contributed by atoms with Gasteiger partial charge in [-0.05, 0) is 45.1 Å². The summed E-state index contributed by atoms with van der Waals surface area (Å²) in [6.45, 7) is 7.41. The number of nitrogens with two attached hydrogens (primary N) is 1. The van der Waals surface area contributed by atoms with Gasteiger partial charge in [-0.25, -0.2) is 9.50 Å². The molecule has 0 spiro atoms. The van der Waals surface area contributed by atoms with Gasteiger partial charge in [-0.15, -0.1) is 0 Å². The third-order valence-corrected chi connectivity index (χ3v) is 6.62. The van der Waals surface area contributed by atoms with Gasteiger partial charge in [0.15, 0.2) is 5.65 Å². The molecular formula is C23H32N8O. The molecule has 3 aromatic heterocycles. The molecule has 2 N–H and O–H groups in total. The Labute approximate surface area is 188 Å². The van der Waals surface area contributed by atoms with E-state index < -0.39 is 0 Å². The number of hydrogen-bond donors (Lipinski definition) is 1. The van der Waals surface area contributed by atoms with Crippen molar-refractivity contribution in [3.8, 4) is 0 Å². The van der Waals surface area contributed by atoms with Gasteiger partial charge in [0, 0.05) is 56.2 Å². The summed E-state index contributed by atoms with van der Waals surface area (Å²) in [7, 11) is 0. The summed E-state index contributed by atoms with van der Waals surface area (Å²) >= 11 is 0. The van der Waals surface area contributed by atoms with Crippen molar-refractivity contribution in [3.05, 3.63) is 41.5 Å². The van der Waals surface area contributed by atoms with Crippen molar-refractivity contribution in [2.24, 2.45) is 5.73 Å². The molecule has 32 heavy (non-hydrogen) atoms. The van der Waals surface area contributed by atoms with Crippen molar-refractivity contribution in [2.75, 3.05) is 24.5 Å². The predicted molar refractivity (Wildman–Crippen MR) is 123 cm³/mol. The van der Waals surface area contributed by atoms with Crippen LogP contribution < -0.4 is 10.6 Å². The number of nitrogens with zero attached hydrogens (tertiary/aromatic N) is 7. The highest BCUT2D eigenvalue weighted by atomic mass is 16.2. The number of rotatable bonds is 5. The second kappa shape index (κ2) is 8.54. The van der Waals surface area contributed by atoms with E-state index >= 15 is 0 Å². The summed E-state index contributed by atoms with van der Waals surface area (Å²) in [4.78, 5) is 22.6. The smallest absolute Gasteiger partial charge is 0.272 e. The van der Waals surface area contributed by atoms with Crippen LogP contribution in [0.3, 0.4) is 0 Å². The van der Waals surface area contributed by atoms with Crippen LogP contribution in [0.4, 0.5) is 5.82 Å². The maximum absolute atomic E-state index is 13.5. The number of likely N-dealkylation sites (tertiary alicyclic amines) is 1. The monoisotopic (exact) mass is 436 g/mol. The van der Waals surface area contributed by atoms with E-state index in [4.69, 9.17) is 15.8 Å². The van der Waals surface area contributed by atoms with Crippen LogP contribution in [0.1, 0.15) is 66.8 Å². The Balaban J connectivity index is 1.46. The lowest BCUT2D eigenvalue weighted by atomic mass is 9.99. The molecule has 2 unspecified atom stereocenters. The van der Waals surface area contributed by atoms with Crippen molar-refractivity contribution >= 4 is 17.4 Å². The molecule has 0 aliphatic carbocycles. The van der Waals surface area contributed by atoms with E-state index in [1.807, 2.05) is 32.4 Å². The van der Waals surface area contributed by atoms with E-state index in [2.05, 4.69) is 23.8 Å². The molecule has 5 heterocycles. The zero-order valence-corrected chi connectivity index (χ0v) is 18.9.